The number of benzene rings is 1. The molecule has 0 unspecified atom stereocenters. The zero-order valence-corrected chi connectivity index (χ0v) is 25.2. The fourth-order valence-electron chi connectivity index (χ4n) is 4.63. The van der Waals surface area contributed by atoms with Gasteiger partial charge in [-0.05, 0) is 58.1 Å². The molecular formula is C35H52N2O+2. The first kappa shape index (κ1) is 29.9. The molecule has 0 aliphatic carbocycles. The Bertz CT molecular complexity index is 1070. The molecule has 1 aromatic carbocycles. The zero-order valence-electron chi connectivity index (χ0n) is 25.2. The van der Waals surface area contributed by atoms with Crippen LogP contribution in [0.15, 0.2) is 67.3 Å². The number of rotatable bonds is 13. The van der Waals surface area contributed by atoms with E-state index in [-0.39, 0.29) is 10.8 Å². The molecule has 0 aliphatic rings. The number of ether oxygens (including phenoxy) is 1. The summed E-state index contributed by atoms with van der Waals surface area (Å²) in [5.74, 6) is 1.00. The summed E-state index contributed by atoms with van der Waals surface area (Å²) in [5, 5.41) is 0. The van der Waals surface area contributed by atoms with E-state index < -0.39 is 0 Å². The summed E-state index contributed by atoms with van der Waals surface area (Å²) in [6.07, 6.45) is 17.6. The lowest BCUT2D eigenvalue weighted by Gasteiger charge is -2.26. The van der Waals surface area contributed by atoms with Gasteiger partial charge >= 0.3 is 0 Å². The van der Waals surface area contributed by atoms with Crippen molar-refractivity contribution in [2.24, 2.45) is 0 Å². The molecule has 0 aliphatic heterocycles. The fourth-order valence-corrected chi connectivity index (χ4v) is 4.63. The van der Waals surface area contributed by atoms with Gasteiger partial charge in [0.05, 0.1) is 6.61 Å². The predicted octanol–water partition coefficient (Wildman–Crippen LogP) is 8.35. The van der Waals surface area contributed by atoms with Crippen LogP contribution >= 0.6 is 0 Å². The van der Waals surface area contributed by atoms with E-state index in [4.69, 9.17) is 4.74 Å². The first-order valence-corrected chi connectivity index (χ1v) is 14.8. The van der Waals surface area contributed by atoms with Crippen molar-refractivity contribution < 1.29 is 13.9 Å². The highest BCUT2D eigenvalue weighted by Gasteiger charge is 2.21. The fraction of sp³-hybridized carbons (Fsp3) is 0.543. The number of hydrogen-bond acceptors (Lipinski definition) is 1. The third-order valence-electron chi connectivity index (χ3n) is 7.35. The van der Waals surface area contributed by atoms with E-state index in [0.29, 0.717) is 0 Å². The third-order valence-corrected chi connectivity index (χ3v) is 7.35. The lowest BCUT2D eigenvalue weighted by atomic mass is 9.80. The number of hydrogen-bond donors (Lipinski definition) is 0. The highest BCUT2D eigenvalue weighted by molar-refractivity contribution is 5.60. The molecule has 38 heavy (non-hydrogen) atoms. The van der Waals surface area contributed by atoms with Gasteiger partial charge < -0.3 is 4.74 Å². The van der Waals surface area contributed by atoms with Gasteiger partial charge in [0.2, 0.25) is 0 Å². The molecular weight excluding hydrogens is 464 g/mol. The van der Waals surface area contributed by atoms with Gasteiger partial charge in [0.1, 0.15) is 18.8 Å². The Labute approximate surface area is 232 Å². The van der Waals surface area contributed by atoms with Crippen molar-refractivity contribution in [3.05, 3.63) is 78.4 Å². The Morgan fingerprint density at radius 2 is 1.03 bits per heavy atom. The van der Waals surface area contributed by atoms with Crippen LogP contribution in [0.5, 0.6) is 5.75 Å². The molecule has 206 valence electrons. The number of pyridine rings is 2. The number of aryl methyl sites for hydroxylation is 2. The predicted molar refractivity (Wildman–Crippen MR) is 160 cm³/mol. The largest absolute Gasteiger partial charge is 0.494 e. The third kappa shape index (κ3) is 9.57. The molecule has 0 atom stereocenters. The van der Waals surface area contributed by atoms with Crippen molar-refractivity contribution in [1.29, 1.82) is 0 Å². The Kier molecular flexibility index (Phi) is 10.9. The average molecular weight is 517 g/mol. The van der Waals surface area contributed by atoms with E-state index >= 15 is 0 Å². The molecule has 3 aromatic rings. The van der Waals surface area contributed by atoms with Crippen molar-refractivity contribution in [3.63, 3.8) is 0 Å². The van der Waals surface area contributed by atoms with Gasteiger partial charge in [0.15, 0.2) is 24.8 Å². The van der Waals surface area contributed by atoms with Crippen LogP contribution in [-0.4, -0.2) is 6.61 Å². The van der Waals surface area contributed by atoms with E-state index in [0.717, 1.165) is 38.3 Å². The summed E-state index contributed by atoms with van der Waals surface area (Å²) in [4.78, 5) is 0. The van der Waals surface area contributed by atoms with E-state index in [9.17, 15) is 0 Å². The molecule has 3 rings (SSSR count). The molecule has 0 radical (unpaired) electrons. The van der Waals surface area contributed by atoms with Gasteiger partial charge in [-0.15, -0.1) is 0 Å². The summed E-state index contributed by atoms with van der Waals surface area (Å²) >= 11 is 0. The Balaban J connectivity index is 1.45. The Morgan fingerprint density at radius 3 is 1.47 bits per heavy atom. The molecule has 0 saturated heterocycles. The maximum Gasteiger partial charge on any atom is 0.169 e. The van der Waals surface area contributed by atoms with Crippen molar-refractivity contribution in [3.8, 4) is 16.9 Å². The quantitative estimate of drug-likeness (QED) is 0.165. The van der Waals surface area contributed by atoms with Crippen molar-refractivity contribution in [2.45, 2.75) is 117 Å². The van der Waals surface area contributed by atoms with Crippen LogP contribution in [0.4, 0.5) is 0 Å². The summed E-state index contributed by atoms with van der Waals surface area (Å²) in [6.45, 7) is 18.8. The summed E-state index contributed by atoms with van der Waals surface area (Å²) in [7, 11) is 0. The monoisotopic (exact) mass is 516 g/mol. The van der Waals surface area contributed by atoms with Crippen LogP contribution in [0.2, 0.25) is 0 Å². The minimum Gasteiger partial charge on any atom is -0.494 e. The molecule has 0 saturated carbocycles. The molecule has 0 fully saturated rings. The van der Waals surface area contributed by atoms with Gasteiger partial charge in [-0.1, -0.05) is 73.8 Å². The van der Waals surface area contributed by atoms with Crippen molar-refractivity contribution in [1.82, 2.24) is 0 Å². The summed E-state index contributed by atoms with van der Waals surface area (Å²) < 4.78 is 10.8. The Morgan fingerprint density at radius 1 is 0.579 bits per heavy atom. The van der Waals surface area contributed by atoms with Crippen molar-refractivity contribution in [2.75, 3.05) is 6.61 Å². The van der Waals surface area contributed by atoms with Crippen LogP contribution in [-0.2, 0) is 23.9 Å². The second-order valence-electron chi connectivity index (χ2n) is 12.9. The first-order valence-electron chi connectivity index (χ1n) is 14.8. The van der Waals surface area contributed by atoms with E-state index in [1.54, 1.807) is 0 Å². The van der Waals surface area contributed by atoms with E-state index in [2.05, 4.69) is 125 Å². The molecule has 3 nitrogen and oxygen atoms in total. The van der Waals surface area contributed by atoms with Gasteiger partial charge in [-0.25, -0.2) is 9.13 Å². The van der Waals surface area contributed by atoms with E-state index in [1.807, 2.05) is 0 Å². The number of aromatic nitrogens is 2. The molecule has 0 amide bonds. The first-order chi connectivity index (χ1) is 18.1. The summed E-state index contributed by atoms with van der Waals surface area (Å²) in [5.41, 5.74) is 5.44. The van der Waals surface area contributed by atoms with Crippen LogP contribution in [0.1, 0.15) is 105 Å². The highest BCUT2D eigenvalue weighted by Crippen LogP contribution is 2.33. The molecule has 3 heteroatoms. The number of nitrogens with zero attached hydrogens (tertiary/aromatic N) is 2. The normalized spacial score (nSPS) is 12.1. The van der Waals surface area contributed by atoms with Gasteiger partial charge in [-0.2, -0.15) is 0 Å². The molecule has 2 aromatic heterocycles. The van der Waals surface area contributed by atoms with Gasteiger partial charge in [0, 0.05) is 37.1 Å². The van der Waals surface area contributed by atoms with Gasteiger partial charge in [0.25, 0.3) is 0 Å². The molecule has 0 N–H and O–H groups in total. The van der Waals surface area contributed by atoms with Crippen LogP contribution in [0, 0.1) is 0 Å². The average Bonchev–Trinajstić information content (AvgIpc) is 2.88. The maximum atomic E-state index is 6.23. The van der Waals surface area contributed by atoms with Gasteiger partial charge in [-0.3, -0.25) is 0 Å². The molecule has 0 bridgehead atoms. The van der Waals surface area contributed by atoms with Crippen LogP contribution < -0.4 is 13.9 Å². The highest BCUT2D eigenvalue weighted by atomic mass is 16.5. The Hall–Kier alpha value is -2.68. The smallest absolute Gasteiger partial charge is 0.169 e. The molecule has 2 heterocycles. The second kappa shape index (κ2) is 13.9. The van der Waals surface area contributed by atoms with Crippen molar-refractivity contribution >= 4 is 0 Å². The zero-order chi connectivity index (χ0) is 27.6. The maximum absolute atomic E-state index is 6.23. The second-order valence-corrected chi connectivity index (χ2v) is 12.9. The topological polar surface area (TPSA) is 17.0 Å². The lowest BCUT2D eigenvalue weighted by Crippen LogP contribution is -2.33. The van der Waals surface area contributed by atoms with Crippen LogP contribution in [0.3, 0.4) is 0 Å². The summed E-state index contributed by atoms with van der Waals surface area (Å²) in [6, 6.07) is 15.7. The van der Waals surface area contributed by atoms with E-state index in [1.165, 1.54) is 54.4 Å². The molecule has 0 spiro atoms. The standard InChI is InChI=1S/C35H52N2O/c1-8-9-10-11-12-19-36-21-15-29(16-22-36)30-17-23-37(24-18-30)20-13-14-25-38-33-27-31(34(2,3)4)26-32(28-33)35(5,6)7/h15-18,21-24,26-28H,8-14,19-20,25H2,1-7H3/q+2. The lowest BCUT2D eigenvalue weighted by molar-refractivity contribution is -0.697. The SMILES string of the molecule is CCCCCCC[n+]1ccc(-c2cc[n+](CCCCOc3cc(C(C)(C)C)cc(C(C)(C)C)c3)cc2)cc1. The van der Waals surface area contributed by atoms with Crippen LogP contribution in [0.25, 0.3) is 11.1 Å². The number of unbranched alkanes of at least 4 members (excludes halogenated alkanes) is 5. The minimum atomic E-state index is 0.108. The minimum absolute atomic E-state index is 0.108.